The highest BCUT2D eigenvalue weighted by Crippen LogP contribution is 2.51. The Balaban J connectivity index is 1.11. The lowest BCUT2D eigenvalue weighted by Crippen LogP contribution is -2.57. The monoisotopic (exact) mass is 728 g/mol. The summed E-state index contributed by atoms with van der Waals surface area (Å²) in [7, 11) is 1.77. The Morgan fingerprint density at radius 3 is 2.51 bits per heavy atom. The smallest absolute Gasteiger partial charge is 0.434 e. The van der Waals surface area contributed by atoms with Gasteiger partial charge in [-0.25, -0.2) is 19.7 Å². The van der Waals surface area contributed by atoms with Gasteiger partial charge in [0.2, 0.25) is 5.95 Å². The molecule has 4 atom stereocenters. The van der Waals surface area contributed by atoms with Crippen LogP contribution in [-0.2, 0) is 18.0 Å². The molecule has 4 unspecified atom stereocenters. The van der Waals surface area contributed by atoms with Crippen molar-refractivity contribution in [3.63, 3.8) is 0 Å². The van der Waals surface area contributed by atoms with Gasteiger partial charge in [0.25, 0.3) is 5.91 Å². The first-order chi connectivity index (χ1) is 25.4. The van der Waals surface area contributed by atoms with E-state index in [1.165, 1.54) is 6.07 Å². The number of rotatable bonds is 8. The molecule has 1 saturated heterocycles. The minimum absolute atomic E-state index is 0.00387. The van der Waals surface area contributed by atoms with Gasteiger partial charge in [-0.1, -0.05) is 6.92 Å². The van der Waals surface area contributed by atoms with Gasteiger partial charge in [0.1, 0.15) is 17.4 Å². The predicted octanol–water partition coefficient (Wildman–Crippen LogP) is 6.29. The number of piperidine rings is 1. The normalized spacial score (nSPS) is 23.3. The summed E-state index contributed by atoms with van der Waals surface area (Å²) < 4.78 is 54.0. The molecule has 5 aromatic rings. The molecule has 5 heterocycles. The Labute approximate surface area is 303 Å². The second kappa shape index (κ2) is 13.2. The molecule has 15 heteroatoms. The van der Waals surface area contributed by atoms with E-state index >= 15 is 0 Å². The fourth-order valence-electron chi connectivity index (χ4n) is 8.73. The SMILES string of the molecule is CC1CC2CC(C1)C(NC(=O)c1ccc(-c3cn(-c4cnn(C)c4)c4cc(OC5CCN(c6ncccn6)CC5)ccc34)nc1C(F)(F)F)(C(=O)O)C2. The lowest BCUT2D eigenvalue weighted by molar-refractivity contribution is -0.146. The molecule has 2 bridgehead atoms. The van der Waals surface area contributed by atoms with Crippen molar-refractivity contribution >= 4 is 28.7 Å². The van der Waals surface area contributed by atoms with E-state index in [4.69, 9.17) is 4.74 Å². The van der Waals surface area contributed by atoms with Crippen molar-refractivity contribution in [3.8, 4) is 22.7 Å². The first kappa shape index (κ1) is 34.6. The molecule has 53 heavy (non-hydrogen) atoms. The number of anilines is 1. The number of alkyl halides is 3. The summed E-state index contributed by atoms with van der Waals surface area (Å²) >= 11 is 0. The van der Waals surface area contributed by atoms with Crippen molar-refractivity contribution in [1.82, 2.24) is 34.6 Å². The molecule has 2 N–H and O–H groups in total. The highest BCUT2D eigenvalue weighted by Gasteiger charge is 2.56. The van der Waals surface area contributed by atoms with Gasteiger partial charge in [0.05, 0.1) is 28.7 Å². The van der Waals surface area contributed by atoms with E-state index in [9.17, 15) is 27.9 Å². The van der Waals surface area contributed by atoms with Gasteiger partial charge >= 0.3 is 12.1 Å². The van der Waals surface area contributed by atoms with Crippen molar-refractivity contribution in [2.45, 2.75) is 63.3 Å². The number of carboxylic acids is 1. The Kier molecular flexibility index (Phi) is 8.61. The van der Waals surface area contributed by atoms with Crippen molar-refractivity contribution in [3.05, 3.63) is 78.6 Å². The maximum absolute atomic E-state index is 14.7. The van der Waals surface area contributed by atoms with Crippen molar-refractivity contribution in [1.29, 1.82) is 0 Å². The minimum Gasteiger partial charge on any atom is -0.490 e. The van der Waals surface area contributed by atoms with Gasteiger partial charge in [-0.05, 0) is 73.8 Å². The molecule has 3 aliphatic rings. The Bertz CT molecular complexity index is 2180. The summed E-state index contributed by atoms with van der Waals surface area (Å²) in [5.41, 5.74) is -1.96. The predicted molar refractivity (Wildman–Crippen MR) is 189 cm³/mol. The molecule has 0 radical (unpaired) electrons. The van der Waals surface area contributed by atoms with Crippen LogP contribution >= 0.6 is 0 Å². The number of nitrogens with zero attached hydrogens (tertiary/aromatic N) is 7. The third-order valence-electron chi connectivity index (χ3n) is 11.1. The summed E-state index contributed by atoms with van der Waals surface area (Å²) in [6, 6.07) is 9.70. The molecule has 2 aliphatic carbocycles. The van der Waals surface area contributed by atoms with Crippen LogP contribution in [0.25, 0.3) is 27.8 Å². The standard InChI is InChI=1S/C38H39F3N8O4/c1-22-14-23-16-24(15-22)37(18-23,35(51)52)46-34(50)29-6-7-31(45-33(29)38(39,40)41)30-21-49(25-19-44-47(2)20-25)32-17-27(4-5-28(30)32)53-26-8-12-48(13-9-26)36-42-10-3-11-43-36/h3-7,10-11,17,19-24,26H,8-9,12-16,18H2,1-2H3,(H,46,50)(H,51,52). The number of carbonyl (C=O) groups is 2. The van der Waals surface area contributed by atoms with E-state index in [1.54, 1.807) is 60.9 Å². The summed E-state index contributed by atoms with van der Waals surface area (Å²) in [6.07, 6.45) is 7.25. The average Bonchev–Trinajstić information content (AvgIpc) is 3.81. The van der Waals surface area contributed by atoms with Gasteiger partial charge in [-0.2, -0.15) is 18.3 Å². The van der Waals surface area contributed by atoms with Crippen LogP contribution < -0.4 is 15.0 Å². The molecule has 276 valence electrons. The highest BCUT2D eigenvalue weighted by molar-refractivity contribution is 6.01. The van der Waals surface area contributed by atoms with Crippen LogP contribution in [-0.4, -0.2) is 71.0 Å². The fraction of sp³-hybridized carbons (Fsp3) is 0.421. The number of ether oxygens (including phenoxy) is 1. The zero-order valence-electron chi connectivity index (χ0n) is 29.3. The fourth-order valence-corrected chi connectivity index (χ4v) is 8.73. The molecule has 1 amide bonds. The van der Waals surface area contributed by atoms with Crippen LogP contribution in [0, 0.1) is 17.8 Å². The minimum atomic E-state index is -5.00. The molecule has 3 fully saturated rings. The summed E-state index contributed by atoms with van der Waals surface area (Å²) in [4.78, 5) is 41.1. The van der Waals surface area contributed by atoms with Crippen LogP contribution in [0.5, 0.6) is 5.75 Å². The van der Waals surface area contributed by atoms with Crippen LogP contribution in [0.1, 0.15) is 61.5 Å². The summed E-state index contributed by atoms with van der Waals surface area (Å²) in [5.74, 6) is -1.02. The molecule has 4 aromatic heterocycles. The van der Waals surface area contributed by atoms with Crippen molar-refractivity contribution < 1.29 is 32.6 Å². The third-order valence-corrected chi connectivity index (χ3v) is 11.1. The zero-order valence-corrected chi connectivity index (χ0v) is 29.3. The summed E-state index contributed by atoms with van der Waals surface area (Å²) in [5, 5.41) is 17.8. The van der Waals surface area contributed by atoms with Gasteiger partial charge in [-0.15, -0.1) is 0 Å². The van der Waals surface area contributed by atoms with E-state index in [-0.39, 0.29) is 36.0 Å². The lowest BCUT2D eigenvalue weighted by Gasteiger charge is -2.33. The van der Waals surface area contributed by atoms with Gasteiger partial charge in [0.15, 0.2) is 5.69 Å². The molecule has 8 rings (SSSR count). The molecular weight excluding hydrogens is 689 g/mol. The number of aromatic nitrogens is 6. The second-order valence-electron chi connectivity index (χ2n) is 14.7. The summed E-state index contributed by atoms with van der Waals surface area (Å²) in [6.45, 7) is 3.49. The van der Waals surface area contributed by atoms with Crippen LogP contribution in [0.2, 0.25) is 0 Å². The number of hydrogen-bond donors (Lipinski definition) is 2. The number of carboxylic acid groups (broad SMARTS) is 1. The van der Waals surface area contributed by atoms with Crippen molar-refractivity contribution in [2.24, 2.45) is 24.8 Å². The first-order valence-electron chi connectivity index (χ1n) is 17.8. The van der Waals surface area contributed by atoms with Gasteiger partial charge < -0.3 is 24.6 Å². The van der Waals surface area contributed by atoms with E-state index in [0.717, 1.165) is 38.4 Å². The molecule has 1 aromatic carbocycles. The number of halogens is 3. The van der Waals surface area contributed by atoms with E-state index in [0.29, 0.717) is 46.7 Å². The Hall–Kier alpha value is -5.47. The largest absolute Gasteiger partial charge is 0.490 e. The third kappa shape index (κ3) is 6.46. The van der Waals surface area contributed by atoms with Crippen LogP contribution in [0.15, 0.2) is 67.4 Å². The Morgan fingerprint density at radius 2 is 1.81 bits per heavy atom. The number of nitrogens with one attached hydrogen (secondary N) is 1. The quantitative estimate of drug-likeness (QED) is 0.189. The molecule has 1 aliphatic heterocycles. The molecule has 0 spiro atoms. The van der Waals surface area contributed by atoms with E-state index in [1.807, 2.05) is 17.6 Å². The highest BCUT2D eigenvalue weighted by atomic mass is 19.4. The number of benzene rings is 1. The number of aryl methyl sites for hydroxylation is 1. The zero-order chi connectivity index (χ0) is 37.1. The maximum atomic E-state index is 14.7. The molecule has 2 saturated carbocycles. The number of fused-ring (bicyclic) bond motifs is 3. The second-order valence-corrected chi connectivity index (χ2v) is 14.7. The maximum Gasteiger partial charge on any atom is 0.434 e. The molecular formula is C38H39F3N8O4. The van der Waals surface area contributed by atoms with Crippen LogP contribution in [0.4, 0.5) is 19.1 Å². The average molecular weight is 729 g/mol. The topological polar surface area (TPSA) is 140 Å². The number of hydrogen-bond acceptors (Lipinski definition) is 8. The molecule has 12 nitrogen and oxygen atoms in total. The van der Waals surface area contributed by atoms with Crippen LogP contribution in [0.3, 0.4) is 0 Å². The Morgan fingerprint density at radius 1 is 1.04 bits per heavy atom. The number of carbonyl (C=O) groups excluding carboxylic acids is 1. The van der Waals surface area contributed by atoms with Gasteiger partial charge in [0, 0.05) is 74.8 Å². The van der Waals surface area contributed by atoms with E-state index in [2.05, 4.69) is 30.3 Å². The lowest BCUT2D eigenvalue weighted by atomic mass is 9.78. The first-order valence-corrected chi connectivity index (χ1v) is 17.8. The van der Waals surface area contributed by atoms with Crippen molar-refractivity contribution in [2.75, 3.05) is 18.0 Å². The van der Waals surface area contributed by atoms with E-state index < -0.39 is 34.8 Å². The number of pyridine rings is 1. The number of aliphatic carboxylic acids is 1. The number of amides is 1. The van der Waals surface area contributed by atoms with Gasteiger partial charge in [-0.3, -0.25) is 9.48 Å².